The Labute approximate surface area is 241 Å². The highest BCUT2D eigenvalue weighted by molar-refractivity contribution is 5.96. The number of benzene rings is 2. The third-order valence-corrected chi connectivity index (χ3v) is 9.10. The third kappa shape index (κ3) is 5.66. The van der Waals surface area contributed by atoms with Gasteiger partial charge < -0.3 is 25.6 Å². The number of nitrogens with one attached hydrogen (secondary N) is 3. The number of fused-ring (bicyclic) bond motifs is 2. The minimum atomic E-state index is -0.300. The SMILES string of the molecule is COc1cccc(C(=O)NC2CC3CCC(C2)N3c2ccc(C(=O)N[C@]3(Cc4ccccc4)CCNC3)cn2)c1C. The number of aromatic nitrogens is 1. The van der Waals surface area contributed by atoms with Gasteiger partial charge in [0.15, 0.2) is 0 Å². The van der Waals surface area contributed by atoms with E-state index in [4.69, 9.17) is 9.72 Å². The van der Waals surface area contributed by atoms with Gasteiger partial charge in [0.25, 0.3) is 11.8 Å². The first-order valence-electron chi connectivity index (χ1n) is 14.7. The van der Waals surface area contributed by atoms with E-state index in [-0.39, 0.29) is 23.4 Å². The zero-order valence-corrected chi connectivity index (χ0v) is 23.9. The summed E-state index contributed by atoms with van der Waals surface area (Å²) in [6.45, 7) is 3.57. The molecular formula is C33H39N5O3. The molecule has 2 amide bonds. The van der Waals surface area contributed by atoms with Gasteiger partial charge >= 0.3 is 0 Å². The summed E-state index contributed by atoms with van der Waals surface area (Å²) in [6.07, 6.45) is 7.31. The first-order chi connectivity index (χ1) is 19.9. The molecule has 3 fully saturated rings. The average Bonchev–Trinajstić information content (AvgIpc) is 3.54. The molecule has 214 valence electrons. The second-order valence-corrected chi connectivity index (χ2v) is 11.8. The maximum atomic E-state index is 13.3. The predicted octanol–water partition coefficient (Wildman–Crippen LogP) is 4.03. The number of pyridine rings is 1. The van der Waals surface area contributed by atoms with Crippen LogP contribution in [0.4, 0.5) is 5.82 Å². The van der Waals surface area contributed by atoms with E-state index in [0.717, 1.165) is 68.7 Å². The molecule has 4 heterocycles. The molecule has 0 radical (unpaired) electrons. The van der Waals surface area contributed by atoms with Crippen molar-refractivity contribution in [3.63, 3.8) is 0 Å². The molecule has 0 aliphatic carbocycles. The molecular weight excluding hydrogens is 514 g/mol. The van der Waals surface area contributed by atoms with Crippen molar-refractivity contribution in [2.24, 2.45) is 0 Å². The second-order valence-electron chi connectivity index (χ2n) is 11.8. The van der Waals surface area contributed by atoms with Gasteiger partial charge in [0.2, 0.25) is 0 Å². The Kier molecular flexibility index (Phi) is 7.67. The first kappa shape index (κ1) is 27.3. The summed E-state index contributed by atoms with van der Waals surface area (Å²) < 4.78 is 5.40. The normalized spacial score (nSPS) is 25.1. The maximum absolute atomic E-state index is 13.3. The minimum Gasteiger partial charge on any atom is -0.496 e. The van der Waals surface area contributed by atoms with Crippen LogP contribution in [0.3, 0.4) is 0 Å². The van der Waals surface area contributed by atoms with Gasteiger partial charge in [0.1, 0.15) is 11.6 Å². The van der Waals surface area contributed by atoms with Crippen LogP contribution in [0.25, 0.3) is 0 Å². The van der Waals surface area contributed by atoms with Gasteiger partial charge in [-0.25, -0.2) is 4.98 Å². The maximum Gasteiger partial charge on any atom is 0.253 e. The quantitative estimate of drug-likeness (QED) is 0.390. The molecule has 3 N–H and O–H groups in total. The fourth-order valence-corrected chi connectivity index (χ4v) is 7.03. The number of hydrogen-bond acceptors (Lipinski definition) is 6. The van der Waals surface area contributed by atoms with Crippen LogP contribution in [-0.4, -0.2) is 60.7 Å². The lowest BCUT2D eigenvalue weighted by atomic mass is 9.89. The second kappa shape index (κ2) is 11.5. The molecule has 2 unspecified atom stereocenters. The number of carbonyl (C=O) groups is 2. The molecule has 3 aliphatic heterocycles. The smallest absolute Gasteiger partial charge is 0.253 e. The van der Waals surface area contributed by atoms with Crippen molar-refractivity contribution in [3.05, 3.63) is 89.1 Å². The van der Waals surface area contributed by atoms with E-state index >= 15 is 0 Å². The van der Waals surface area contributed by atoms with Crippen LogP contribution >= 0.6 is 0 Å². The Balaban J connectivity index is 1.09. The number of hydrogen-bond donors (Lipinski definition) is 3. The fourth-order valence-electron chi connectivity index (χ4n) is 7.03. The molecule has 2 aromatic carbocycles. The molecule has 8 nitrogen and oxygen atoms in total. The van der Waals surface area contributed by atoms with E-state index < -0.39 is 0 Å². The van der Waals surface area contributed by atoms with Gasteiger partial charge in [-0.1, -0.05) is 36.4 Å². The number of methoxy groups -OCH3 is 1. The topological polar surface area (TPSA) is 95.6 Å². The van der Waals surface area contributed by atoms with Crippen LogP contribution in [-0.2, 0) is 6.42 Å². The average molecular weight is 554 g/mol. The lowest BCUT2D eigenvalue weighted by molar-refractivity contribution is 0.0902. The highest BCUT2D eigenvalue weighted by atomic mass is 16.5. The van der Waals surface area contributed by atoms with Crippen molar-refractivity contribution in [1.82, 2.24) is 20.9 Å². The molecule has 8 heteroatoms. The van der Waals surface area contributed by atoms with Crippen LogP contribution in [0.5, 0.6) is 5.75 Å². The third-order valence-electron chi connectivity index (χ3n) is 9.10. The Morgan fingerprint density at radius 3 is 2.46 bits per heavy atom. The van der Waals surface area contributed by atoms with E-state index in [1.807, 2.05) is 55.5 Å². The number of ether oxygens (including phenoxy) is 1. The number of rotatable bonds is 8. The molecule has 3 aromatic rings. The standard InChI is InChI=1S/C33H39N5O3/c1-22-28(9-6-10-29(22)41-2)32(40)36-25-17-26-12-13-27(18-25)38(26)30-14-11-24(20-35-30)31(39)37-33(15-16-34-21-33)19-23-7-4-3-5-8-23/h3-11,14,20,25-27,34H,12-13,15-19,21H2,1-2H3,(H,36,40)(H,37,39)/t25?,26?,27?,33-/m0/s1. The largest absolute Gasteiger partial charge is 0.496 e. The lowest BCUT2D eigenvalue weighted by Gasteiger charge is -2.40. The van der Waals surface area contributed by atoms with Crippen LogP contribution in [0.1, 0.15) is 63.9 Å². The zero-order chi connectivity index (χ0) is 28.4. The van der Waals surface area contributed by atoms with Crippen molar-refractivity contribution in [2.75, 3.05) is 25.1 Å². The predicted molar refractivity (Wildman–Crippen MR) is 160 cm³/mol. The molecule has 2 bridgehead atoms. The Morgan fingerprint density at radius 2 is 1.80 bits per heavy atom. The molecule has 6 rings (SSSR count). The molecule has 41 heavy (non-hydrogen) atoms. The molecule has 0 saturated carbocycles. The summed E-state index contributed by atoms with van der Waals surface area (Å²) in [4.78, 5) is 33.6. The summed E-state index contributed by atoms with van der Waals surface area (Å²) in [5.41, 5.74) is 3.02. The number of nitrogens with zero attached hydrogens (tertiary/aromatic N) is 2. The summed E-state index contributed by atoms with van der Waals surface area (Å²) >= 11 is 0. The van der Waals surface area contributed by atoms with Crippen molar-refractivity contribution in [2.45, 2.75) is 69.1 Å². The summed E-state index contributed by atoms with van der Waals surface area (Å²) in [7, 11) is 1.63. The van der Waals surface area contributed by atoms with E-state index in [2.05, 4.69) is 33.0 Å². The highest BCUT2D eigenvalue weighted by Crippen LogP contribution is 2.39. The van der Waals surface area contributed by atoms with Crippen LogP contribution in [0, 0.1) is 6.92 Å². The van der Waals surface area contributed by atoms with Gasteiger partial charge in [0.05, 0.1) is 18.2 Å². The zero-order valence-electron chi connectivity index (χ0n) is 23.9. The summed E-state index contributed by atoms with van der Waals surface area (Å²) in [5, 5.41) is 10.0. The number of amides is 2. The van der Waals surface area contributed by atoms with E-state index in [9.17, 15) is 9.59 Å². The van der Waals surface area contributed by atoms with Crippen molar-refractivity contribution in [3.8, 4) is 5.75 Å². The van der Waals surface area contributed by atoms with Gasteiger partial charge in [-0.2, -0.15) is 0 Å². The Hall–Kier alpha value is -3.91. The fraction of sp³-hybridized carbons (Fsp3) is 0.424. The summed E-state index contributed by atoms with van der Waals surface area (Å²) in [6, 6.07) is 20.6. The van der Waals surface area contributed by atoms with Gasteiger partial charge in [0, 0.05) is 42.0 Å². The van der Waals surface area contributed by atoms with E-state index in [1.54, 1.807) is 13.3 Å². The van der Waals surface area contributed by atoms with Crippen LogP contribution < -0.4 is 25.6 Å². The lowest BCUT2D eigenvalue weighted by Crippen LogP contribution is -2.52. The van der Waals surface area contributed by atoms with Gasteiger partial charge in [-0.3, -0.25) is 9.59 Å². The molecule has 3 saturated heterocycles. The monoisotopic (exact) mass is 553 g/mol. The number of piperidine rings is 1. The van der Waals surface area contributed by atoms with Crippen LogP contribution in [0.15, 0.2) is 66.9 Å². The van der Waals surface area contributed by atoms with Crippen molar-refractivity contribution < 1.29 is 14.3 Å². The molecule has 3 atom stereocenters. The molecule has 0 spiro atoms. The van der Waals surface area contributed by atoms with E-state index in [0.29, 0.717) is 23.2 Å². The Bertz CT molecular complexity index is 1370. The summed E-state index contributed by atoms with van der Waals surface area (Å²) in [5.74, 6) is 1.50. The van der Waals surface area contributed by atoms with Gasteiger partial charge in [-0.15, -0.1) is 0 Å². The first-order valence-corrected chi connectivity index (χ1v) is 14.7. The highest BCUT2D eigenvalue weighted by Gasteiger charge is 2.42. The molecule has 3 aliphatic rings. The number of anilines is 1. The van der Waals surface area contributed by atoms with Crippen molar-refractivity contribution in [1.29, 1.82) is 0 Å². The Morgan fingerprint density at radius 1 is 1.02 bits per heavy atom. The van der Waals surface area contributed by atoms with E-state index in [1.165, 1.54) is 5.56 Å². The number of carbonyl (C=O) groups excluding carboxylic acids is 2. The van der Waals surface area contributed by atoms with Crippen LogP contribution in [0.2, 0.25) is 0 Å². The van der Waals surface area contributed by atoms with Gasteiger partial charge in [-0.05, 0) is 81.8 Å². The molecule has 1 aromatic heterocycles. The van der Waals surface area contributed by atoms with Crippen molar-refractivity contribution >= 4 is 17.6 Å². The minimum absolute atomic E-state index is 0.0461.